The van der Waals surface area contributed by atoms with Crippen LogP contribution in [-0.2, 0) is 0 Å². The first-order valence-corrected chi connectivity index (χ1v) is 8.48. The Morgan fingerprint density at radius 1 is 0.760 bits per heavy atom. The highest BCUT2D eigenvalue weighted by atomic mass is 16.3. The van der Waals surface area contributed by atoms with E-state index in [-0.39, 0.29) is 12.1 Å². The molecule has 3 rings (SSSR count). The number of nitrogens with zero attached hydrogens (tertiary/aromatic N) is 2. The van der Waals surface area contributed by atoms with Gasteiger partial charge < -0.3 is 15.9 Å². The molecule has 0 radical (unpaired) electrons. The third-order valence-corrected chi connectivity index (χ3v) is 3.86. The zero-order valence-corrected chi connectivity index (χ0v) is 15.1. The van der Waals surface area contributed by atoms with Crippen LogP contribution in [0.4, 0.5) is 0 Å². The minimum absolute atomic E-state index is 0.149. The van der Waals surface area contributed by atoms with Gasteiger partial charge in [-0.05, 0) is 64.1 Å². The number of hydrogen-bond donors (Lipinski definition) is 2. The molecule has 130 valence electrons. The van der Waals surface area contributed by atoms with Crippen LogP contribution in [0.3, 0.4) is 0 Å². The highest BCUT2D eigenvalue weighted by Crippen LogP contribution is 2.30. The van der Waals surface area contributed by atoms with Gasteiger partial charge in [-0.25, -0.2) is 0 Å². The molecule has 1 aromatic heterocycles. The number of rotatable bonds is 4. The summed E-state index contributed by atoms with van der Waals surface area (Å²) in [6.45, 7) is 8.01. The Balaban J connectivity index is 2.16. The molecule has 0 atom stereocenters. The number of hydrogen-bond acceptors (Lipinski definition) is 3. The summed E-state index contributed by atoms with van der Waals surface area (Å²) in [5.41, 5.74) is 15.6. The standard InChI is InChI=1S/C20H24N4O/c1-11(2)23-19(21)13-5-7-17-15(9-13)16-10-14(6-8-18(16)25-17)20(22)24-12(3)4/h5-12H,1-4H3,(H2,21,23)(H2,22,24). The second kappa shape index (κ2) is 6.59. The third-order valence-electron chi connectivity index (χ3n) is 3.86. The van der Waals surface area contributed by atoms with Crippen LogP contribution in [0.2, 0.25) is 0 Å². The zero-order chi connectivity index (χ0) is 18.1. The summed E-state index contributed by atoms with van der Waals surface area (Å²) < 4.78 is 5.92. The molecule has 0 aliphatic carbocycles. The van der Waals surface area contributed by atoms with Crippen LogP contribution in [-0.4, -0.2) is 23.8 Å². The Morgan fingerprint density at radius 2 is 1.16 bits per heavy atom. The maximum Gasteiger partial charge on any atom is 0.135 e. The molecule has 5 heteroatoms. The van der Waals surface area contributed by atoms with Crippen molar-refractivity contribution in [2.75, 3.05) is 0 Å². The first-order valence-electron chi connectivity index (χ1n) is 8.48. The second-order valence-electron chi connectivity index (χ2n) is 6.74. The molecular formula is C20H24N4O. The molecule has 2 aromatic carbocycles. The molecule has 0 aliphatic heterocycles. The van der Waals surface area contributed by atoms with E-state index in [4.69, 9.17) is 15.9 Å². The molecule has 0 amide bonds. The molecule has 0 saturated heterocycles. The summed E-state index contributed by atoms with van der Waals surface area (Å²) in [6, 6.07) is 12.1. The quantitative estimate of drug-likeness (QED) is 0.560. The normalized spacial score (nSPS) is 13.5. The van der Waals surface area contributed by atoms with Crippen LogP contribution in [0, 0.1) is 0 Å². The van der Waals surface area contributed by atoms with E-state index < -0.39 is 0 Å². The molecule has 1 heterocycles. The molecule has 25 heavy (non-hydrogen) atoms. The van der Waals surface area contributed by atoms with E-state index in [2.05, 4.69) is 9.98 Å². The number of aliphatic imine (C=N–C) groups is 2. The largest absolute Gasteiger partial charge is 0.456 e. The molecule has 0 aliphatic rings. The van der Waals surface area contributed by atoms with Crippen LogP contribution < -0.4 is 11.5 Å². The summed E-state index contributed by atoms with van der Waals surface area (Å²) in [7, 11) is 0. The van der Waals surface area contributed by atoms with Crippen molar-refractivity contribution >= 4 is 33.6 Å². The Kier molecular flexibility index (Phi) is 4.49. The minimum atomic E-state index is 0.149. The third kappa shape index (κ3) is 3.50. The number of furan rings is 1. The molecule has 0 unspecified atom stereocenters. The number of fused-ring (bicyclic) bond motifs is 3. The monoisotopic (exact) mass is 336 g/mol. The Labute approximate surface area is 147 Å². The van der Waals surface area contributed by atoms with Crippen molar-refractivity contribution < 1.29 is 4.42 Å². The summed E-state index contributed by atoms with van der Waals surface area (Å²) >= 11 is 0. The highest BCUT2D eigenvalue weighted by molar-refractivity contribution is 6.11. The molecule has 4 N–H and O–H groups in total. The Morgan fingerprint density at radius 3 is 1.52 bits per heavy atom. The van der Waals surface area contributed by atoms with Crippen molar-refractivity contribution in [2.45, 2.75) is 39.8 Å². The van der Waals surface area contributed by atoms with E-state index in [0.717, 1.165) is 33.1 Å². The van der Waals surface area contributed by atoms with Crippen LogP contribution >= 0.6 is 0 Å². The van der Waals surface area contributed by atoms with Crippen LogP contribution in [0.15, 0.2) is 50.8 Å². The number of amidine groups is 2. The number of nitrogens with two attached hydrogens (primary N) is 2. The zero-order valence-electron chi connectivity index (χ0n) is 15.1. The van der Waals surface area contributed by atoms with Crippen molar-refractivity contribution in [3.63, 3.8) is 0 Å². The number of benzene rings is 2. The highest BCUT2D eigenvalue weighted by Gasteiger charge is 2.11. The topological polar surface area (TPSA) is 89.9 Å². The smallest absolute Gasteiger partial charge is 0.135 e. The first kappa shape index (κ1) is 17.0. The van der Waals surface area contributed by atoms with Gasteiger partial charge in [0.05, 0.1) is 0 Å². The lowest BCUT2D eigenvalue weighted by molar-refractivity contribution is 0.669. The lowest BCUT2D eigenvalue weighted by atomic mass is 10.1. The van der Waals surface area contributed by atoms with Gasteiger partial charge in [0.2, 0.25) is 0 Å². The van der Waals surface area contributed by atoms with Gasteiger partial charge in [-0.15, -0.1) is 0 Å². The summed E-state index contributed by atoms with van der Waals surface area (Å²) in [5, 5.41) is 1.99. The van der Waals surface area contributed by atoms with E-state index in [0.29, 0.717) is 11.7 Å². The average molecular weight is 336 g/mol. The lowest BCUT2D eigenvalue weighted by Crippen LogP contribution is -2.15. The maximum atomic E-state index is 6.11. The van der Waals surface area contributed by atoms with E-state index in [1.807, 2.05) is 64.1 Å². The Bertz CT molecular complexity index is 902. The van der Waals surface area contributed by atoms with Gasteiger partial charge in [-0.3, -0.25) is 9.98 Å². The van der Waals surface area contributed by atoms with Crippen LogP contribution in [0.1, 0.15) is 38.8 Å². The fraction of sp³-hybridized carbons (Fsp3) is 0.300. The molecule has 0 fully saturated rings. The first-order chi connectivity index (χ1) is 11.8. The van der Waals surface area contributed by atoms with E-state index >= 15 is 0 Å². The predicted molar refractivity (Wildman–Crippen MR) is 105 cm³/mol. The van der Waals surface area contributed by atoms with Gasteiger partial charge in [0.15, 0.2) is 0 Å². The van der Waals surface area contributed by atoms with Crippen molar-refractivity contribution in [2.24, 2.45) is 21.5 Å². The van der Waals surface area contributed by atoms with Gasteiger partial charge in [0, 0.05) is 34.0 Å². The van der Waals surface area contributed by atoms with Gasteiger partial charge in [0.25, 0.3) is 0 Å². The molecule has 0 saturated carbocycles. The van der Waals surface area contributed by atoms with Gasteiger partial charge >= 0.3 is 0 Å². The van der Waals surface area contributed by atoms with E-state index in [1.54, 1.807) is 0 Å². The fourth-order valence-electron chi connectivity index (χ4n) is 2.80. The molecule has 0 bridgehead atoms. The fourth-order valence-corrected chi connectivity index (χ4v) is 2.80. The van der Waals surface area contributed by atoms with E-state index in [1.165, 1.54) is 0 Å². The van der Waals surface area contributed by atoms with Crippen LogP contribution in [0.5, 0.6) is 0 Å². The summed E-state index contributed by atoms with van der Waals surface area (Å²) in [6.07, 6.45) is 0. The van der Waals surface area contributed by atoms with E-state index in [9.17, 15) is 0 Å². The van der Waals surface area contributed by atoms with Crippen molar-refractivity contribution in [1.29, 1.82) is 0 Å². The van der Waals surface area contributed by atoms with Gasteiger partial charge in [-0.1, -0.05) is 0 Å². The predicted octanol–water partition coefficient (Wildman–Crippen LogP) is 3.81. The average Bonchev–Trinajstić information content (AvgIpc) is 2.90. The summed E-state index contributed by atoms with van der Waals surface area (Å²) in [5.74, 6) is 1.06. The SMILES string of the molecule is CC(C)N=C(N)c1ccc2oc3ccc(C(N)=NC(C)C)cc3c2c1. The summed E-state index contributed by atoms with van der Waals surface area (Å²) in [4.78, 5) is 8.84. The molecule has 0 spiro atoms. The molecular weight excluding hydrogens is 312 g/mol. The van der Waals surface area contributed by atoms with Crippen molar-refractivity contribution in [3.05, 3.63) is 47.5 Å². The second-order valence-corrected chi connectivity index (χ2v) is 6.74. The van der Waals surface area contributed by atoms with Gasteiger partial charge in [-0.2, -0.15) is 0 Å². The van der Waals surface area contributed by atoms with Crippen molar-refractivity contribution in [3.8, 4) is 0 Å². The van der Waals surface area contributed by atoms with Gasteiger partial charge in [0.1, 0.15) is 22.8 Å². The minimum Gasteiger partial charge on any atom is -0.456 e. The Hall–Kier alpha value is -2.82. The lowest BCUT2D eigenvalue weighted by Gasteiger charge is -2.04. The maximum absolute atomic E-state index is 6.11. The molecule has 5 nitrogen and oxygen atoms in total. The van der Waals surface area contributed by atoms with Crippen molar-refractivity contribution in [1.82, 2.24) is 0 Å². The van der Waals surface area contributed by atoms with Crippen LogP contribution in [0.25, 0.3) is 21.9 Å². The molecule has 3 aromatic rings.